The van der Waals surface area contributed by atoms with Gasteiger partial charge in [-0.25, -0.2) is 9.97 Å². The molecule has 0 amide bonds. The monoisotopic (exact) mass is 232 g/mol. The molecule has 92 valence electrons. The van der Waals surface area contributed by atoms with E-state index in [0.717, 1.165) is 32.5 Å². The Hall–Kier alpha value is -1.16. The molecule has 1 aliphatic heterocycles. The van der Waals surface area contributed by atoms with Gasteiger partial charge in [0.1, 0.15) is 12.1 Å². The van der Waals surface area contributed by atoms with Gasteiger partial charge in [0.2, 0.25) is 0 Å². The molecule has 1 aliphatic carbocycles. The summed E-state index contributed by atoms with van der Waals surface area (Å²) in [5, 5.41) is 0. The van der Waals surface area contributed by atoms with Crippen molar-refractivity contribution in [2.75, 3.05) is 24.5 Å². The fourth-order valence-electron chi connectivity index (χ4n) is 2.99. The van der Waals surface area contributed by atoms with Gasteiger partial charge in [-0.15, -0.1) is 0 Å². The third-order valence-corrected chi connectivity index (χ3v) is 4.20. The summed E-state index contributed by atoms with van der Waals surface area (Å²) in [4.78, 5) is 11.3. The van der Waals surface area contributed by atoms with Crippen molar-refractivity contribution in [2.45, 2.75) is 32.6 Å². The zero-order valence-electron chi connectivity index (χ0n) is 10.4. The van der Waals surface area contributed by atoms with Gasteiger partial charge in [0.15, 0.2) is 0 Å². The van der Waals surface area contributed by atoms with Crippen molar-refractivity contribution in [2.24, 2.45) is 11.1 Å². The van der Waals surface area contributed by atoms with Crippen molar-refractivity contribution in [3.63, 3.8) is 0 Å². The maximum absolute atomic E-state index is 5.86. The van der Waals surface area contributed by atoms with Crippen molar-refractivity contribution >= 4 is 5.82 Å². The van der Waals surface area contributed by atoms with Gasteiger partial charge >= 0.3 is 0 Å². The van der Waals surface area contributed by atoms with Crippen molar-refractivity contribution in [3.05, 3.63) is 17.6 Å². The molecule has 2 heterocycles. The van der Waals surface area contributed by atoms with E-state index in [2.05, 4.69) is 21.8 Å². The number of nitrogens with two attached hydrogens (primary N) is 1. The first-order chi connectivity index (χ1) is 8.22. The standard InChI is InChI=1S/C13H20N4/c1-13(7-14)5-6-17(8-13)12-10-3-2-4-11(10)15-9-16-12/h9H,2-8,14H2,1H3. The molecule has 2 N–H and O–H groups in total. The average Bonchev–Trinajstić information content (AvgIpc) is 2.95. The Kier molecular flexibility index (Phi) is 2.54. The van der Waals surface area contributed by atoms with Crippen LogP contribution in [0.3, 0.4) is 0 Å². The lowest BCUT2D eigenvalue weighted by molar-refractivity contribution is 0.383. The number of fused-ring (bicyclic) bond motifs is 1. The van der Waals surface area contributed by atoms with Crippen LogP contribution in [0.25, 0.3) is 0 Å². The highest BCUT2D eigenvalue weighted by Crippen LogP contribution is 2.35. The van der Waals surface area contributed by atoms with Crippen LogP contribution in [-0.2, 0) is 12.8 Å². The lowest BCUT2D eigenvalue weighted by Crippen LogP contribution is -2.32. The molecule has 1 unspecified atom stereocenters. The fourth-order valence-corrected chi connectivity index (χ4v) is 2.99. The largest absolute Gasteiger partial charge is 0.356 e. The Morgan fingerprint density at radius 3 is 3.06 bits per heavy atom. The normalized spacial score (nSPS) is 27.5. The van der Waals surface area contributed by atoms with Crippen LogP contribution in [0.5, 0.6) is 0 Å². The third kappa shape index (κ3) is 1.80. The lowest BCUT2D eigenvalue weighted by atomic mass is 9.90. The number of anilines is 1. The topological polar surface area (TPSA) is 55.0 Å². The average molecular weight is 232 g/mol. The quantitative estimate of drug-likeness (QED) is 0.831. The molecular weight excluding hydrogens is 212 g/mol. The number of hydrogen-bond donors (Lipinski definition) is 1. The minimum atomic E-state index is 0.260. The van der Waals surface area contributed by atoms with E-state index >= 15 is 0 Å². The molecule has 0 radical (unpaired) electrons. The van der Waals surface area contributed by atoms with Gasteiger partial charge in [0.05, 0.1) is 0 Å². The van der Waals surface area contributed by atoms with Crippen molar-refractivity contribution < 1.29 is 0 Å². The molecule has 0 bridgehead atoms. The molecule has 0 aromatic carbocycles. The van der Waals surface area contributed by atoms with Crippen LogP contribution < -0.4 is 10.6 Å². The van der Waals surface area contributed by atoms with Crippen molar-refractivity contribution in [3.8, 4) is 0 Å². The molecule has 0 spiro atoms. The summed E-state index contributed by atoms with van der Waals surface area (Å²) in [5.74, 6) is 1.17. The van der Waals surface area contributed by atoms with Crippen LogP contribution in [0.15, 0.2) is 6.33 Å². The maximum Gasteiger partial charge on any atom is 0.135 e. The zero-order valence-corrected chi connectivity index (χ0v) is 10.4. The molecule has 1 atom stereocenters. The second kappa shape index (κ2) is 3.95. The summed E-state index contributed by atoms with van der Waals surface area (Å²) in [6.07, 6.45) is 6.37. The smallest absolute Gasteiger partial charge is 0.135 e. The van der Waals surface area contributed by atoms with E-state index in [1.807, 2.05) is 0 Å². The van der Waals surface area contributed by atoms with Gasteiger partial charge in [-0.05, 0) is 37.6 Å². The lowest BCUT2D eigenvalue weighted by Gasteiger charge is -2.24. The van der Waals surface area contributed by atoms with E-state index < -0.39 is 0 Å². The maximum atomic E-state index is 5.86. The van der Waals surface area contributed by atoms with E-state index in [0.29, 0.717) is 0 Å². The first-order valence-electron chi connectivity index (χ1n) is 6.50. The van der Waals surface area contributed by atoms with Gasteiger partial charge in [-0.3, -0.25) is 0 Å². The Labute approximate surface area is 102 Å². The Balaban J connectivity index is 1.89. The summed E-state index contributed by atoms with van der Waals surface area (Å²) < 4.78 is 0. The molecule has 3 rings (SSSR count). The van der Waals surface area contributed by atoms with E-state index in [1.165, 1.54) is 29.9 Å². The van der Waals surface area contributed by atoms with Crippen LogP contribution in [0, 0.1) is 5.41 Å². The van der Waals surface area contributed by atoms with Gasteiger partial charge < -0.3 is 10.6 Å². The van der Waals surface area contributed by atoms with Crippen LogP contribution >= 0.6 is 0 Å². The molecule has 4 heteroatoms. The second-order valence-electron chi connectivity index (χ2n) is 5.66. The highest BCUT2D eigenvalue weighted by Gasteiger charge is 2.34. The number of nitrogens with zero attached hydrogens (tertiary/aromatic N) is 3. The zero-order chi connectivity index (χ0) is 11.9. The van der Waals surface area contributed by atoms with Crippen LogP contribution in [0.2, 0.25) is 0 Å². The molecular formula is C13H20N4. The first kappa shape index (κ1) is 11.0. The molecule has 1 saturated heterocycles. The minimum absolute atomic E-state index is 0.260. The summed E-state index contributed by atoms with van der Waals surface area (Å²) in [6, 6.07) is 0. The van der Waals surface area contributed by atoms with Gasteiger partial charge in [0, 0.05) is 24.3 Å². The Morgan fingerprint density at radius 1 is 1.41 bits per heavy atom. The number of aryl methyl sites for hydroxylation is 1. The van der Waals surface area contributed by atoms with E-state index in [-0.39, 0.29) is 5.41 Å². The Morgan fingerprint density at radius 2 is 2.29 bits per heavy atom. The van der Waals surface area contributed by atoms with Crippen molar-refractivity contribution in [1.82, 2.24) is 9.97 Å². The predicted octanol–water partition coefficient (Wildman–Crippen LogP) is 1.14. The molecule has 17 heavy (non-hydrogen) atoms. The van der Waals surface area contributed by atoms with E-state index in [4.69, 9.17) is 5.73 Å². The Bertz CT molecular complexity index is 431. The summed E-state index contributed by atoms with van der Waals surface area (Å²) in [6.45, 7) is 5.15. The number of rotatable bonds is 2. The van der Waals surface area contributed by atoms with Gasteiger partial charge in [-0.1, -0.05) is 6.92 Å². The predicted molar refractivity (Wildman–Crippen MR) is 68.0 cm³/mol. The molecule has 1 fully saturated rings. The molecule has 1 aromatic rings. The molecule has 4 nitrogen and oxygen atoms in total. The highest BCUT2D eigenvalue weighted by atomic mass is 15.2. The van der Waals surface area contributed by atoms with Gasteiger partial charge in [-0.2, -0.15) is 0 Å². The van der Waals surface area contributed by atoms with Crippen molar-refractivity contribution in [1.29, 1.82) is 0 Å². The first-order valence-corrected chi connectivity index (χ1v) is 6.50. The third-order valence-electron chi connectivity index (χ3n) is 4.20. The summed E-state index contributed by atoms with van der Waals surface area (Å²) in [7, 11) is 0. The molecule has 1 aromatic heterocycles. The minimum Gasteiger partial charge on any atom is -0.356 e. The molecule has 2 aliphatic rings. The highest BCUT2D eigenvalue weighted by molar-refractivity contribution is 5.51. The second-order valence-corrected chi connectivity index (χ2v) is 5.66. The number of aromatic nitrogens is 2. The summed E-state index contributed by atoms with van der Waals surface area (Å²) >= 11 is 0. The SMILES string of the molecule is CC1(CN)CCN(c2ncnc3c2CCC3)C1. The van der Waals surface area contributed by atoms with E-state index in [9.17, 15) is 0 Å². The van der Waals surface area contributed by atoms with E-state index in [1.54, 1.807) is 6.33 Å². The van der Waals surface area contributed by atoms with Crippen LogP contribution in [-0.4, -0.2) is 29.6 Å². The molecule has 0 saturated carbocycles. The number of hydrogen-bond acceptors (Lipinski definition) is 4. The van der Waals surface area contributed by atoms with Crippen LogP contribution in [0.1, 0.15) is 31.0 Å². The van der Waals surface area contributed by atoms with Crippen LogP contribution in [0.4, 0.5) is 5.82 Å². The fraction of sp³-hybridized carbons (Fsp3) is 0.692. The van der Waals surface area contributed by atoms with Gasteiger partial charge in [0.25, 0.3) is 0 Å². The summed E-state index contributed by atoms with van der Waals surface area (Å²) in [5.41, 5.74) is 8.77.